The van der Waals surface area contributed by atoms with Crippen LogP contribution in [0.25, 0.3) is 0 Å². The molecule has 0 aromatic heterocycles. The summed E-state index contributed by atoms with van der Waals surface area (Å²) in [6.07, 6.45) is 0. The molecule has 7 heteroatoms. The second-order valence-electron chi connectivity index (χ2n) is 5.57. The Labute approximate surface area is 138 Å². The highest BCUT2D eigenvalue weighted by Gasteiger charge is 1.76. The van der Waals surface area contributed by atoms with Gasteiger partial charge in [-0.25, -0.2) is 0 Å². The maximum atomic E-state index is 9.49. The smallest absolute Gasteiger partial charge is 0.0666 e. The van der Waals surface area contributed by atoms with Gasteiger partial charge in [-0.15, -0.1) is 0 Å². The van der Waals surface area contributed by atoms with Crippen LogP contribution in [-0.4, -0.2) is 69.4 Å². The van der Waals surface area contributed by atoms with E-state index in [9.17, 15) is 9.90 Å². The number of carbonyl (C=O) groups excluding carboxylic acids is 1. The molecule has 0 radical (unpaired) electrons. The number of hydrogen-bond acceptors (Lipinski definition) is 2. The van der Waals surface area contributed by atoms with Crippen molar-refractivity contribution in [3.63, 3.8) is 0 Å². The summed E-state index contributed by atoms with van der Waals surface area (Å²) in [5, 5.41) is 9.49. The Morgan fingerprint density at radius 2 is 0.800 bits per heavy atom. The van der Waals surface area contributed by atoms with E-state index in [4.69, 9.17) is 0 Å². The number of carboxylic acids is 1. The highest BCUT2D eigenvalue weighted by atomic mass is 35.5. The lowest BCUT2D eigenvalue weighted by atomic mass is 10.4. The molecule has 0 atom stereocenters. The number of aliphatic carboxylic acids is 1. The first-order valence-corrected chi connectivity index (χ1v) is 6.01. The number of carbonyl (C=O) groups is 1. The highest BCUT2D eigenvalue weighted by molar-refractivity contribution is 5.82. The van der Waals surface area contributed by atoms with E-state index < -0.39 is 5.97 Å². The molecule has 0 aliphatic rings. The molecule has 0 fully saturated rings. The number of carboxylic acid groups (broad SMARTS) is 1. The predicted octanol–water partition coefficient (Wildman–Crippen LogP) is -10.4. The average Bonchev–Trinajstić information content (AvgIpc) is 1.99. The molecule has 0 saturated heterocycles. The van der Waals surface area contributed by atoms with Gasteiger partial charge in [0.15, 0.2) is 0 Å². The normalized spacial score (nSPS) is 7.65. The number of rotatable bonds is 1. The quantitative estimate of drug-likeness (QED) is 0.417. The molecule has 128 valence electrons. The van der Waals surface area contributed by atoms with E-state index in [1.165, 1.54) is 21.6 Å². The Hall–Kier alpha value is -0.330. The summed E-state index contributed by atoms with van der Waals surface area (Å²) in [5.41, 5.74) is 0.0648. The summed E-state index contributed by atoms with van der Waals surface area (Å²) in [6, 6.07) is 0. The number of hydrogen-bond donors (Lipinski definition) is 3. The van der Waals surface area contributed by atoms with Crippen LogP contribution < -0.4 is 44.6 Å². The molecule has 0 unspecified atom stereocenters. The summed E-state index contributed by atoms with van der Waals surface area (Å²) >= 11 is 0. The zero-order valence-electron chi connectivity index (χ0n) is 14.8. The fraction of sp³-hybridized carbons (Fsp3) is 0.769. The van der Waals surface area contributed by atoms with Gasteiger partial charge in [-0.05, 0) is 12.5 Å². The van der Waals surface area contributed by atoms with Gasteiger partial charge in [-0.1, -0.05) is 6.58 Å². The topological polar surface area (TPSA) is 53.4 Å². The molecular formula is C13H35Cl2N3O2. The third-order valence-corrected chi connectivity index (χ3v) is 0.348. The van der Waals surface area contributed by atoms with Gasteiger partial charge < -0.3 is 49.4 Å². The van der Waals surface area contributed by atoms with E-state index in [1.54, 1.807) is 0 Å². The molecule has 0 aromatic rings. The Morgan fingerprint density at radius 1 is 0.750 bits per heavy atom. The second kappa shape index (κ2) is 27.1. The molecule has 3 N–H and O–H groups in total. The van der Waals surface area contributed by atoms with Crippen LogP contribution >= 0.6 is 0 Å². The molecule has 0 aliphatic carbocycles. The monoisotopic (exact) mass is 335 g/mol. The maximum Gasteiger partial charge on any atom is 0.0666 e. The Kier molecular flexibility index (Phi) is 49.7. The number of nitrogens with one attached hydrogen (secondary N) is 3. The summed E-state index contributed by atoms with van der Waals surface area (Å²) < 4.78 is 0. The molecule has 0 aliphatic heterocycles. The standard InChI is InChI=1S/C4H6O2.3C3H9N.2ClH/c1-3(2)4(5)6;3*1-4(2)3;;/h1H2,2H3,(H,5,6);3*1-3H3;2*1H. The van der Waals surface area contributed by atoms with Crippen LogP contribution in [0, 0.1) is 0 Å². The molecule has 5 nitrogen and oxygen atoms in total. The zero-order chi connectivity index (χ0) is 15.9. The Morgan fingerprint density at radius 3 is 0.800 bits per heavy atom. The highest BCUT2D eigenvalue weighted by Crippen LogP contribution is 1.77. The number of quaternary nitrogens is 3. The molecule has 0 heterocycles. The molecule has 0 bridgehead atoms. The van der Waals surface area contributed by atoms with Gasteiger partial charge in [0.2, 0.25) is 0 Å². The van der Waals surface area contributed by atoms with Gasteiger partial charge >= 0.3 is 0 Å². The van der Waals surface area contributed by atoms with Crippen molar-refractivity contribution in [2.24, 2.45) is 0 Å². The fourth-order valence-electron chi connectivity index (χ4n) is 0. The van der Waals surface area contributed by atoms with Gasteiger partial charge in [0.05, 0.1) is 69.4 Å². The van der Waals surface area contributed by atoms with E-state index in [0.717, 1.165) is 0 Å². The SMILES string of the molecule is C=C(C)C(=O)[O-].C[NH+](C)C.C[NH+](C)C.C[NH+](C)C.[Cl-].[Cl-]. The third kappa shape index (κ3) is 365. The molecule has 0 rings (SSSR count). The van der Waals surface area contributed by atoms with Crippen molar-refractivity contribution in [3.05, 3.63) is 12.2 Å². The Balaban J connectivity index is -0.0000000322. The Bertz CT molecular complexity index is 166. The van der Waals surface area contributed by atoms with Crippen molar-refractivity contribution in [2.45, 2.75) is 6.92 Å². The predicted molar refractivity (Wildman–Crippen MR) is 76.0 cm³/mol. The minimum atomic E-state index is -1.19. The van der Waals surface area contributed by atoms with Crippen molar-refractivity contribution < 1.29 is 49.4 Å². The molecule has 20 heavy (non-hydrogen) atoms. The third-order valence-electron chi connectivity index (χ3n) is 0.348. The lowest BCUT2D eigenvalue weighted by Gasteiger charge is -1.93. The average molecular weight is 336 g/mol. The molecule has 0 aromatic carbocycles. The molecule has 0 amide bonds. The van der Waals surface area contributed by atoms with Crippen molar-refractivity contribution >= 4 is 5.97 Å². The molecule has 0 saturated carbocycles. The van der Waals surface area contributed by atoms with Crippen molar-refractivity contribution in [1.82, 2.24) is 0 Å². The molecule has 0 spiro atoms. The van der Waals surface area contributed by atoms with Crippen LogP contribution in [-0.2, 0) is 4.79 Å². The van der Waals surface area contributed by atoms with Crippen LogP contribution in [0.3, 0.4) is 0 Å². The van der Waals surface area contributed by atoms with Gasteiger partial charge in [0, 0.05) is 0 Å². The summed E-state index contributed by atoms with van der Waals surface area (Å²) in [6.45, 7) is 4.48. The first-order chi connectivity index (χ1) is 7.84. The minimum Gasteiger partial charge on any atom is -1.00 e. The van der Waals surface area contributed by atoms with E-state index >= 15 is 0 Å². The van der Waals surface area contributed by atoms with Crippen LogP contribution in [0.5, 0.6) is 0 Å². The van der Waals surface area contributed by atoms with Gasteiger partial charge in [-0.2, -0.15) is 0 Å². The van der Waals surface area contributed by atoms with Crippen molar-refractivity contribution in [1.29, 1.82) is 0 Å². The van der Waals surface area contributed by atoms with E-state index in [-0.39, 0.29) is 30.4 Å². The first-order valence-electron chi connectivity index (χ1n) is 6.01. The van der Waals surface area contributed by atoms with Crippen molar-refractivity contribution in [3.8, 4) is 0 Å². The van der Waals surface area contributed by atoms with E-state index in [1.807, 2.05) is 0 Å². The van der Waals surface area contributed by atoms with Crippen molar-refractivity contribution in [2.75, 3.05) is 63.4 Å². The van der Waals surface area contributed by atoms with Gasteiger partial charge in [0.1, 0.15) is 0 Å². The van der Waals surface area contributed by atoms with Crippen LogP contribution in [0.1, 0.15) is 6.92 Å². The zero-order valence-corrected chi connectivity index (χ0v) is 16.3. The van der Waals surface area contributed by atoms with Gasteiger partial charge in [0.25, 0.3) is 0 Å². The van der Waals surface area contributed by atoms with E-state index in [2.05, 4.69) is 70.0 Å². The van der Waals surface area contributed by atoms with Crippen LogP contribution in [0.4, 0.5) is 0 Å². The lowest BCUT2D eigenvalue weighted by Crippen LogP contribution is -3.02. The summed E-state index contributed by atoms with van der Waals surface area (Å²) in [4.78, 5) is 13.7. The first kappa shape index (κ1) is 36.7. The number of halogens is 2. The lowest BCUT2D eigenvalue weighted by molar-refractivity contribution is -0.836. The fourth-order valence-corrected chi connectivity index (χ4v) is 0. The van der Waals surface area contributed by atoms with E-state index in [0.29, 0.717) is 0 Å². The summed E-state index contributed by atoms with van der Waals surface area (Å²) in [7, 11) is 18.8. The van der Waals surface area contributed by atoms with Crippen LogP contribution in [0.2, 0.25) is 0 Å². The molecular weight excluding hydrogens is 301 g/mol. The maximum absolute atomic E-state index is 9.49. The second-order valence-corrected chi connectivity index (χ2v) is 5.57. The summed E-state index contributed by atoms with van der Waals surface area (Å²) in [5.74, 6) is -1.19. The minimum absolute atomic E-state index is 0. The largest absolute Gasteiger partial charge is 1.00 e. The van der Waals surface area contributed by atoms with Crippen LogP contribution in [0.15, 0.2) is 12.2 Å². The van der Waals surface area contributed by atoms with Gasteiger partial charge in [-0.3, -0.25) is 0 Å².